The van der Waals surface area contributed by atoms with Gasteiger partial charge in [0, 0.05) is 4.47 Å². The molecule has 0 spiro atoms. The molecule has 1 aromatic carbocycles. The summed E-state index contributed by atoms with van der Waals surface area (Å²) in [5.41, 5.74) is 0.509. The van der Waals surface area contributed by atoms with Gasteiger partial charge in [0.25, 0.3) is 0 Å². The highest BCUT2D eigenvalue weighted by Crippen LogP contribution is 2.28. The van der Waals surface area contributed by atoms with Crippen LogP contribution < -0.4 is 9.46 Å². The number of hydrogen-bond donors (Lipinski definition) is 1. The minimum Gasteiger partial charge on any atom is -0.497 e. The van der Waals surface area contributed by atoms with Gasteiger partial charge in [-0.15, -0.1) is 0 Å². The van der Waals surface area contributed by atoms with Gasteiger partial charge in [-0.2, -0.15) is 0 Å². The maximum atomic E-state index is 11.6. The lowest BCUT2D eigenvalue weighted by atomic mass is 10.3. The van der Waals surface area contributed by atoms with Gasteiger partial charge in [-0.05, 0) is 48.0 Å². The first kappa shape index (κ1) is 13.3. The molecule has 0 fully saturated rings. The van der Waals surface area contributed by atoms with Crippen molar-refractivity contribution >= 4 is 31.6 Å². The third kappa shape index (κ3) is 3.12. The zero-order chi connectivity index (χ0) is 12.3. The van der Waals surface area contributed by atoms with Crippen LogP contribution in [0.15, 0.2) is 22.7 Å². The number of halogens is 1. The van der Waals surface area contributed by atoms with Gasteiger partial charge in [-0.1, -0.05) is 0 Å². The molecular weight excluding hydrogens is 294 g/mol. The Bertz CT molecular complexity index is 471. The summed E-state index contributed by atoms with van der Waals surface area (Å²) in [6, 6.07) is 5.06. The van der Waals surface area contributed by atoms with E-state index in [0.29, 0.717) is 15.9 Å². The lowest BCUT2D eigenvalue weighted by Gasteiger charge is -2.12. The molecule has 1 N–H and O–H groups in total. The number of sulfonamides is 1. The van der Waals surface area contributed by atoms with Crippen molar-refractivity contribution in [1.29, 1.82) is 0 Å². The summed E-state index contributed by atoms with van der Waals surface area (Å²) >= 11 is 3.28. The molecule has 0 atom stereocenters. The molecule has 0 aliphatic rings. The van der Waals surface area contributed by atoms with E-state index >= 15 is 0 Å². The number of ether oxygens (including phenoxy) is 1. The Kier molecular flexibility index (Phi) is 4.21. The Hall–Kier alpha value is -0.750. The smallest absolute Gasteiger partial charge is 0.235 e. The number of methoxy groups -OCH3 is 1. The Morgan fingerprint density at radius 2 is 2.00 bits per heavy atom. The highest BCUT2D eigenvalue weighted by atomic mass is 79.9. The van der Waals surface area contributed by atoms with Crippen molar-refractivity contribution in [1.82, 2.24) is 0 Å². The number of nitrogens with one attached hydrogen (secondary N) is 1. The van der Waals surface area contributed by atoms with Gasteiger partial charge in [0.05, 0.1) is 18.0 Å². The van der Waals surface area contributed by atoms with E-state index in [4.69, 9.17) is 4.74 Å². The zero-order valence-electron chi connectivity index (χ0n) is 9.32. The van der Waals surface area contributed by atoms with E-state index in [9.17, 15) is 8.42 Å². The van der Waals surface area contributed by atoms with Crippen LogP contribution in [0.1, 0.15) is 13.8 Å². The minimum absolute atomic E-state index is 0.471. The van der Waals surface area contributed by atoms with E-state index in [-0.39, 0.29) is 0 Å². The van der Waals surface area contributed by atoms with Gasteiger partial charge < -0.3 is 4.74 Å². The molecule has 0 radical (unpaired) electrons. The third-order valence-corrected chi connectivity index (χ3v) is 4.45. The van der Waals surface area contributed by atoms with Crippen LogP contribution in [0.2, 0.25) is 0 Å². The second-order valence-corrected chi connectivity index (χ2v) is 6.63. The molecule has 0 bridgehead atoms. The average molecular weight is 308 g/mol. The summed E-state index contributed by atoms with van der Waals surface area (Å²) in [5.74, 6) is 0.666. The van der Waals surface area contributed by atoms with Crippen LogP contribution in [-0.4, -0.2) is 20.8 Å². The van der Waals surface area contributed by atoms with E-state index in [1.165, 1.54) is 0 Å². The van der Waals surface area contributed by atoms with Crippen LogP contribution in [0.25, 0.3) is 0 Å². The SMILES string of the molecule is COc1ccc(NS(=O)(=O)C(C)C)c(Br)c1. The minimum atomic E-state index is -3.31. The average Bonchev–Trinajstić information content (AvgIpc) is 2.20. The number of benzene rings is 1. The van der Waals surface area contributed by atoms with Crippen LogP contribution in [0, 0.1) is 0 Å². The van der Waals surface area contributed by atoms with Gasteiger partial charge in [0.1, 0.15) is 5.75 Å². The first-order chi connectivity index (χ1) is 7.36. The predicted octanol–water partition coefficient (Wildman–Crippen LogP) is 2.61. The summed E-state index contributed by atoms with van der Waals surface area (Å²) in [5, 5.41) is -0.471. The summed E-state index contributed by atoms with van der Waals surface area (Å²) in [6.07, 6.45) is 0. The second-order valence-electron chi connectivity index (χ2n) is 3.54. The Morgan fingerprint density at radius 3 is 2.44 bits per heavy atom. The van der Waals surface area contributed by atoms with Crippen molar-refractivity contribution in [3.05, 3.63) is 22.7 Å². The molecule has 0 aliphatic heterocycles. The fraction of sp³-hybridized carbons (Fsp3) is 0.400. The van der Waals surface area contributed by atoms with Gasteiger partial charge >= 0.3 is 0 Å². The summed E-state index contributed by atoms with van der Waals surface area (Å²) in [6.45, 7) is 3.25. The Balaban J connectivity index is 2.99. The van der Waals surface area contributed by atoms with Gasteiger partial charge in [0.2, 0.25) is 10.0 Å². The van der Waals surface area contributed by atoms with E-state index in [2.05, 4.69) is 20.7 Å². The molecule has 0 unspecified atom stereocenters. The molecule has 1 aromatic rings. The molecule has 16 heavy (non-hydrogen) atoms. The van der Waals surface area contributed by atoms with Crippen molar-refractivity contribution in [2.75, 3.05) is 11.8 Å². The fourth-order valence-corrected chi connectivity index (χ4v) is 2.29. The number of anilines is 1. The van der Waals surface area contributed by atoms with E-state index < -0.39 is 15.3 Å². The van der Waals surface area contributed by atoms with Crippen molar-refractivity contribution in [2.45, 2.75) is 19.1 Å². The van der Waals surface area contributed by atoms with Crippen molar-refractivity contribution < 1.29 is 13.2 Å². The molecule has 0 saturated heterocycles. The molecule has 0 aliphatic carbocycles. The molecule has 0 aromatic heterocycles. The first-order valence-corrected chi connectivity index (χ1v) is 7.06. The van der Waals surface area contributed by atoms with E-state index in [0.717, 1.165) is 0 Å². The van der Waals surface area contributed by atoms with Crippen LogP contribution in [0.4, 0.5) is 5.69 Å². The maximum Gasteiger partial charge on any atom is 0.235 e. The van der Waals surface area contributed by atoms with E-state index in [1.54, 1.807) is 39.2 Å². The maximum absolute atomic E-state index is 11.6. The topological polar surface area (TPSA) is 55.4 Å². The lowest BCUT2D eigenvalue weighted by Crippen LogP contribution is -2.22. The van der Waals surface area contributed by atoms with Gasteiger partial charge in [0.15, 0.2) is 0 Å². The molecule has 0 heterocycles. The lowest BCUT2D eigenvalue weighted by molar-refractivity contribution is 0.414. The highest BCUT2D eigenvalue weighted by molar-refractivity contribution is 9.10. The molecular formula is C10H14BrNO3S. The highest BCUT2D eigenvalue weighted by Gasteiger charge is 2.16. The second kappa shape index (κ2) is 5.05. The van der Waals surface area contributed by atoms with Crippen molar-refractivity contribution in [3.63, 3.8) is 0 Å². The Morgan fingerprint density at radius 1 is 1.38 bits per heavy atom. The molecule has 0 saturated carbocycles. The van der Waals surface area contributed by atoms with Crippen LogP contribution >= 0.6 is 15.9 Å². The first-order valence-electron chi connectivity index (χ1n) is 4.72. The monoisotopic (exact) mass is 307 g/mol. The molecule has 90 valence electrons. The predicted molar refractivity (Wildman–Crippen MR) is 68.4 cm³/mol. The fourth-order valence-electron chi connectivity index (χ4n) is 0.977. The van der Waals surface area contributed by atoms with E-state index in [1.807, 2.05) is 0 Å². The zero-order valence-corrected chi connectivity index (χ0v) is 11.7. The van der Waals surface area contributed by atoms with Gasteiger partial charge in [-0.25, -0.2) is 8.42 Å². The van der Waals surface area contributed by atoms with Crippen LogP contribution in [-0.2, 0) is 10.0 Å². The number of rotatable bonds is 4. The normalized spacial score (nSPS) is 11.6. The Labute approximate surface area is 104 Å². The van der Waals surface area contributed by atoms with Crippen molar-refractivity contribution in [3.8, 4) is 5.75 Å². The van der Waals surface area contributed by atoms with Crippen LogP contribution in [0.3, 0.4) is 0 Å². The summed E-state index contributed by atoms with van der Waals surface area (Å²) in [7, 11) is -1.76. The summed E-state index contributed by atoms with van der Waals surface area (Å²) < 4.78 is 31.5. The quantitative estimate of drug-likeness (QED) is 0.930. The van der Waals surface area contributed by atoms with Crippen molar-refractivity contribution in [2.24, 2.45) is 0 Å². The third-order valence-electron chi connectivity index (χ3n) is 2.05. The molecule has 1 rings (SSSR count). The van der Waals surface area contributed by atoms with Gasteiger partial charge in [-0.3, -0.25) is 4.72 Å². The molecule has 0 amide bonds. The molecule has 6 heteroatoms. The largest absolute Gasteiger partial charge is 0.497 e. The number of hydrogen-bond acceptors (Lipinski definition) is 3. The summed E-state index contributed by atoms with van der Waals surface area (Å²) in [4.78, 5) is 0. The molecule has 4 nitrogen and oxygen atoms in total. The standard InChI is InChI=1S/C10H14BrNO3S/c1-7(2)16(13,14)12-10-5-4-8(15-3)6-9(10)11/h4-7,12H,1-3H3. The van der Waals surface area contributed by atoms with Crippen LogP contribution in [0.5, 0.6) is 5.75 Å².